The van der Waals surface area contributed by atoms with Gasteiger partial charge in [0.1, 0.15) is 0 Å². The summed E-state index contributed by atoms with van der Waals surface area (Å²) in [5, 5.41) is 27.9. The van der Waals surface area contributed by atoms with Gasteiger partial charge >= 0.3 is 0 Å². The molecular weight excluding hydrogens is 168 g/mol. The highest BCUT2D eigenvalue weighted by Crippen LogP contribution is 2.32. The molecule has 3 N–H and O–H groups in total. The van der Waals surface area contributed by atoms with Gasteiger partial charge in [-0.1, -0.05) is 20.8 Å². The summed E-state index contributed by atoms with van der Waals surface area (Å²) in [5.74, 6) is 0.170. The van der Waals surface area contributed by atoms with Crippen molar-refractivity contribution in [1.29, 1.82) is 0 Å². The lowest BCUT2D eigenvalue weighted by molar-refractivity contribution is -0.0255. The highest BCUT2D eigenvalue weighted by molar-refractivity contribution is 4.83. The van der Waals surface area contributed by atoms with Gasteiger partial charge in [0.05, 0.1) is 19.3 Å². The molecule has 0 saturated carbocycles. The smallest absolute Gasteiger partial charge is 0.0544 e. The summed E-state index contributed by atoms with van der Waals surface area (Å²) in [6.07, 6.45) is 0.699. The first-order valence-electron chi connectivity index (χ1n) is 4.92. The molecule has 0 fully saturated rings. The zero-order valence-electron chi connectivity index (χ0n) is 8.82. The van der Waals surface area contributed by atoms with Crippen molar-refractivity contribution in [1.82, 2.24) is 0 Å². The van der Waals surface area contributed by atoms with Crippen molar-refractivity contribution in [2.24, 2.45) is 11.3 Å². The molecule has 0 aliphatic rings. The summed E-state index contributed by atoms with van der Waals surface area (Å²) in [6, 6.07) is 0. The molecule has 13 heavy (non-hydrogen) atoms. The first kappa shape index (κ1) is 12.9. The van der Waals surface area contributed by atoms with Crippen molar-refractivity contribution in [2.45, 2.75) is 39.7 Å². The summed E-state index contributed by atoms with van der Waals surface area (Å²) >= 11 is 0. The van der Waals surface area contributed by atoms with Crippen molar-refractivity contribution < 1.29 is 15.3 Å². The average molecular weight is 190 g/mol. The summed E-state index contributed by atoms with van der Waals surface area (Å²) in [4.78, 5) is 0. The van der Waals surface area contributed by atoms with Crippen LogP contribution in [0.15, 0.2) is 0 Å². The highest BCUT2D eigenvalue weighted by Gasteiger charge is 2.34. The Labute approximate surface area is 80.4 Å². The van der Waals surface area contributed by atoms with E-state index in [9.17, 15) is 15.3 Å². The van der Waals surface area contributed by atoms with Crippen molar-refractivity contribution in [3.8, 4) is 0 Å². The average Bonchev–Trinajstić information content (AvgIpc) is 2.13. The first-order chi connectivity index (χ1) is 6.02. The molecule has 0 heterocycles. The van der Waals surface area contributed by atoms with Crippen LogP contribution in [0, 0.1) is 11.3 Å². The van der Waals surface area contributed by atoms with Crippen molar-refractivity contribution in [3.05, 3.63) is 0 Å². The quantitative estimate of drug-likeness (QED) is 0.580. The summed E-state index contributed by atoms with van der Waals surface area (Å²) in [5.41, 5.74) is -0.532. The Kier molecular flexibility index (Phi) is 5.53. The summed E-state index contributed by atoms with van der Waals surface area (Å²) in [6.45, 7) is 5.66. The molecule has 0 radical (unpaired) electrons. The largest absolute Gasteiger partial charge is 0.396 e. The van der Waals surface area contributed by atoms with Crippen molar-refractivity contribution in [3.63, 3.8) is 0 Å². The Bertz CT molecular complexity index is 130. The van der Waals surface area contributed by atoms with Crippen LogP contribution in [-0.4, -0.2) is 34.6 Å². The second-order valence-corrected chi connectivity index (χ2v) is 4.10. The predicted octanol–water partition coefficient (Wildman–Crippen LogP) is 0.774. The SMILES string of the molecule is CCC(O)CC(CO)(CO)C(C)C. The topological polar surface area (TPSA) is 60.7 Å². The fraction of sp³-hybridized carbons (Fsp3) is 1.00. The molecule has 1 atom stereocenters. The normalized spacial score (nSPS) is 15.0. The van der Waals surface area contributed by atoms with Crippen LogP contribution in [0.5, 0.6) is 0 Å². The molecule has 0 aromatic heterocycles. The Morgan fingerprint density at radius 1 is 1.15 bits per heavy atom. The molecule has 0 aromatic rings. The van der Waals surface area contributed by atoms with E-state index in [0.717, 1.165) is 0 Å². The number of aliphatic hydroxyl groups is 3. The molecule has 0 rings (SSSR count). The lowest BCUT2D eigenvalue weighted by Crippen LogP contribution is -2.38. The third-order valence-corrected chi connectivity index (χ3v) is 2.97. The van der Waals surface area contributed by atoms with E-state index in [4.69, 9.17) is 0 Å². The van der Waals surface area contributed by atoms with E-state index in [-0.39, 0.29) is 19.1 Å². The Morgan fingerprint density at radius 2 is 1.62 bits per heavy atom. The maximum Gasteiger partial charge on any atom is 0.0544 e. The van der Waals surface area contributed by atoms with Gasteiger partial charge in [-0.25, -0.2) is 0 Å². The van der Waals surface area contributed by atoms with Crippen molar-refractivity contribution in [2.75, 3.05) is 13.2 Å². The van der Waals surface area contributed by atoms with E-state index in [1.165, 1.54) is 0 Å². The summed E-state index contributed by atoms with van der Waals surface area (Å²) in [7, 11) is 0. The lowest BCUT2D eigenvalue weighted by atomic mass is 9.74. The van der Waals surface area contributed by atoms with Gasteiger partial charge in [0.2, 0.25) is 0 Å². The van der Waals surface area contributed by atoms with Crippen LogP contribution in [0.2, 0.25) is 0 Å². The molecule has 3 nitrogen and oxygen atoms in total. The van der Waals surface area contributed by atoms with E-state index >= 15 is 0 Å². The standard InChI is InChI=1S/C10H22O3/c1-4-9(13)5-10(6-11,7-12)8(2)3/h8-9,11-13H,4-7H2,1-3H3. The zero-order valence-corrected chi connectivity index (χ0v) is 8.82. The zero-order chi connectivity index (χ0) is 10.5. The van der Waals surface area contributed by atoms with Gasteiger partial charge in [-0.15, -0.1) is 0 Å². The third-order valence-electron chi connectivity index (χ3n) is 2.97. The first-order valence-corrected chi connectivity index (χ1v) is 4.92. The molecule has 3 heteroatoms. The monoisotopic (exact) mass is 190 g/mol. The van der Waals surface area contributed by atoms with Crippen LogP contribution in [-0.2, 0) is 0 Å². The van der Waals surface area contributed by atoms with Gasteiger partial charge in [0.15, 0.2) is 0 Å². The number of hydrogen-bond acceptors (Lipinski definition) is 3. The second kappa shape index (κ2) is 5.58. The van der Waals surface area contributed by atoms with E-state index in [1.807, 2.05) is 20.8 Å². The molecule has 0 aliphatic carbocycles. The Morgan fingerprint density at radius 3 is 1.85 bits per heavy atom. The van der Waals surface area contributed by atoms with Crippen LogP contribution in [0.3, 0.4) is 0 Å². The van der Waals surface area contributed by atoms with E-state index in [1.54, 1.807) is 0 Å². The van der Waals surface area contributed by atoms with Gasteiger partial charge in [-0.2, -0.15) is 0 Å². The fourth-order valence-electron chi connectivity index (χ4n) is 1.39. The fourth-order valence-corrected chi connectivity index (χ4v) is 1.39. The Balaban J connectivity index is 4.38. The molecule has 0 amide bonds. The van der Waals surface area contributed by atoms with Gasteiger partial charge in [0, 0.05) is 5.41 Å². The van der Waals surface area contributed by atoms with Gasteiger partial charge < -0.3 is 15.3 Å². The van der Waals surface area contributed by atoms with E-state index < -0.39 is 11.5 Å². The lowest BCUT2D eigenvalue weighted by Gasteiger charge is -2.35. The summed E-state index contributed by atoms with van der Waals surface area (Å²) < 4.78 is 0. The van der Waals surface area contributed by atoms with E-state index in [2.05, 4.69) is 0 Å². The molecule has 0 aliphatic heterocycles. The van der Waals surface area contributed by atoms with Crippen LogP contribution in [0.4, 0.5) is 0 Å². The minimum absolute atomic E-state index is 0.0712. The number of aliphatic hydroxyl groups excluding tert-OH is 3. The predicted molar refractivity (Wildman–Crippen MR) is 52.4 cm³/mol. The number of rotatable bonds is 6. The Hall–Kier alpha value is -0.120. The maximum absolute atomic E-state index is 9.48. The van der Waals surface area contributed by atoms with Crippen LogP contribution < -0.4 is 0 Å². The highest BCUT2D eigenvalue weighted by atomic mass is 16.3. The van der Waals surface area contributed by atoms with Gasteiger partial charge in [0.25, 0.3) is 0 Å². The number of hydrogen-bond donors (Lipinski definition) is 3. The van der Waals surface area contributed by atoms with Crippen molar-refractivity contribution >= 4 is 0 Å². The maximum atomic E-state index is 9.48. The van der Waals surface area contributed by atoms with Gasteiger partial charge in [-0.05, 0) is 18.8 Å². The van der Waals surface area contributed by atoms with Crippen LogP contribution >= 0.6 is 0 Å². The van der Waals surface area contributed by atoms with Gasteiger partial charge in [-0.3, -0.25) is 0 Å². The molecule has 80 valence electrons. The van der Waals surface area contributed by atoms with E-state index in [0.29, 0.717) is 12.8 Å². The minimum Gasteiger partial charge on any atom is -0.396 e. The molecule has 0 aromatic carbocycles. The van der Waals surface area contributed by atoms with Crippen LogP contribution in [0.1, 0.15) is 33.6 Å². The minimum atomic E-state index is -0.532. The molecule has 0 bridgehead atoms. The molecule has 1 unspecified atom stereocenters. The van der Waals surface area contributed by atoms with Crippen LogP contribution in [0.25, 0.3) is 0 Å². The third kappa shape index (κ3) is 3.25. The second-order valence-electron chi connectivity index (χ2n) is 4.10. The molecule has 0 spiro atoms. The molecular formula is C10H22O3. The molecule has 0 saturated heterocycles.